The molecule has 130 valence electrons. The molecule has 0 aromatic heterocycles. The molecule has 3 aromatic carbocycles. The van der Waals surface area contributed by atoms with E-state index >= 15 is 0 Å². The molecule has 0 saturated carbocycles. The molecule has 0 aliphatic rings. The van der Waals surface area contributed by atoms with Crippen molar-refractivity contribution < 1.29 is 14.3 Å². The Labute approximate surface area is 157 Å². The molecule has 0 amide bonds. The third-order valence-electron chi connectivity index (χ3n) is 3.79. The molecule has 1 atom stereocenters. The Kier molecular flexibility index (Phi) is 5.87. The molecule has 3 rings (SSSR count). The second-order valence-corrected chi connectivity index (χ2v) is 6.90. The van der Waals surface area contributed by atoms with Gasteiger partial charge >= 0.3 is 5.97 Å². The van der Waals surface area contributed by atoms with E-state index in [4.69, 9.17) is 4.74 Å². The van der Waals surface area contributed by atoms with Crippen LogP contribution in [-0.2, 0) is 4.79 Å². The lowest BCUT2D eigenvalue weighted by atomic mass is 10.1. The molecule has 0 aliphatic heterocycles. The molecule has 3 aromatic rings. The van der Waals surface area contributed by atoms with Crippen molar-refractivity contribution in [2.24, 2.45) is 0 Å². The highest BCUT2D eigenvalue weighted by atomic mass is 32.2. The molecule has 0 N–H and O–H groups in total. The van der Waals surface area contributed by atoms with Gasteiger partial charge in [-0.1, -0.05) is 48.5 Å². The summed E-state index contributed by atoms with van der Waals surface area (Å²) in [5, 5.41) is -0.480. The molecule has 0 fully saturated rings. The number of rotatable bonds is 6. The Morgan fingerprint density at radius 2 is 1.38 bits per heavy atom. The normalized spacial score (nSPS) is 11.6. The molecule has 0 saturated heterocycles. The number of carbonyl (C=O) groups excluding carboxylic acids is 2. The van der Waals surface area contributed by atoms with Gasteiger partial charge in [0.1, 0.15) is 11.0 Å². The summed E-state index contributed by atoms with van der Waals surface area (Å²) < 4.78 is 5.57. The number of benzene rings is 3. The van der Waals surface area contributed by atoms with Gasteiger partial charge in [0.2, 0.25) is 0 Å². The first-order valence-corrected chi connectivity index (χ1v) is 9.11. The van der Waals surface area contributed by atoms with Crippen LogP contribution < -0.4 is 4.74 Å². The van der Waals surface area contributed by atoms with Gasteiger partial charge in [-0.05, 0) is 48.9 Å². The Hall–Kier alpha value is -2.85. The molecule has 0 heterocycles. The zero-order valence-corrected chi connectivity index (χ0v) is 15.1. The van der Waals surface area contributed by atoms with Crippen molar-refractivity contribution in [2.45, 2.75) is 17.1 Å². The van der Waals surface area contributed by atoms with E-state index in [9.17, 15) is 9.59 Å². The van der Waals surface area contributed by atoms with Gasteiger partial charge in [0.05, 0.1) is 0 Å². The monoisotopic (exact) mass is 362 g/mol. The number of Topliss-reactive ketones (excluding diaryl/α,β-unsaturated/α-hetero) is 1. The number of carbonyl (C=O) groups is 2. The van der Waals surface area contributed by atoms with Crippen molar-refractivity contribution in [2.75, 3.05) is 0 Å². The minimum Gasteiger partial charge on any atom is -0.425 e. The second-order valence-electron chi connectivity index (χ2n) is 5.72. The molecule has 0 aliphatic carbocycles. The summed E-state index contributed by atoms with van der Waals surface area (Å²) in [6.45, 7) is 1.50. The molecule has 3 nitrogen and oxygen atoms in total. The number of hydrogen-bond acceptors (Lipinski definition) is 4. The van der Waals surface area contributed by atoms with Gasteiger partial charge < -0.3 is 4.74 Å². The van der Waals surface area contributed by atoms with Crippen molar-refractivity contribution in [1.82, 2.24) is 0 Å². The van der Waals surface area contributed by atoms with E-state index in [2.05, 4.69) is 0 Å². The maximum absolute atomic E-state index is 12.8. The van der Waals surface area contributed by atoms with E-state index in [1.807, 2.05) is 60.7 Å². The zero-order chi connectivity index (χ0) is 18.4. The number of ether oxygens (including phenoxy) is 1. The quantitative estimate of drug-likeness (QED) is 0.257. The fraction of sp³-hybridized carbons (Fsp3) is 0.0909. The summed E-state index contributed by atoms with van der Waals surface area (Å²) in [6.07, 6.45) is 0. The summed E-state index contributed by atoms with van der Waals surface area (Å²) >= 11 is 1.45. The van der Waals surface area contributed by atoms with Gasteiger partial charge in [-0.15, -0.1) is 11.8 Å². The van der Waals surface area contributed by atoms with Crippen LogP contribution in [0.4, 0.5) is 0 Å². The van der Waals surface area contributed by atoms with Crippen LogP contribution in [0.1, 0.15) is 28.1 Å². The van der Waals surface area contributed by atoms with Crippen molar-refractivity contribution in [3.8, 4) is 5.75 Å². The minimum absolute atomic E-state index is 0.0235. The number of ketones is 1. The standard InChI is InChI=1S/C22H18O3S/c1-16(23)17-12-14-19(15-13-17)25-22(24)21(18-8-4-2-5-9-18)26-20-10-6-3-7-11-20/h2-15,21H,1H3/t21-/m0/s1. The van der Waals surface area contributed by atoms with Crippen LogP contribution in [0.15, 0.2) is 89.8 Å². The number of hydrogen-bond donors (Lipinski definition) is 0. The molecule has 0 radical (unpaired) electrons. The van der Waals surface area contributed by atoms with E-state index < -0.39 is 5.25 Å². The topological polar surface area (TPSA) is 43.4 Å². The SMILES string of the molecule is CC(=O)c1ccc(OC(=O)[C@@H](Sc2ccccc2)c2ccccc2)cc1. The average Bonchev–Trinajstić information content (AvgIpc) is 2.68. The average molecular weight is 362 g/mol. The first kappa shape index (κ1) is 18.0. The van der Waals surface area contributed by atoms with Crippen molar-refractivity contribution >= 4 is 23.5 Å². The largest absolute Gasteiger partial charge is 0.425 e. The van der Waals surface area contributed by atoms with Gasteiger partial charge in [-0.2, -0.15) is 0 Å². The van der Waals surface area contributed by atoms with E-state index in [-0.39, 0.29) is 11.8 Å². The maximum Gasteiger partial charge on any atom is 0.329 e. The predicted octanol–water partition coefficient (Wildman–Crippen LogP) is 5.33. The fourth-order valence-corrected chi connectivity index (χ4v) is 3.47. The smallest absolute Gasteiger partial charge is 0.329 e. The van der Waals surface area contributed by atoms with E-state index in [0.717, 1.165) is 10.5 Å². The Bertz CT molecular complexity index is 874. The van der Waals surface area contributed by atoms with Crippen molar-refractivity contribution in [3.05, 3.63) is 96.1 Å². The Balaban J connectivity index is 1.81. The highest BCUT2D eigenvalue weighted by molar-refractivity contribution is 8.00. The Morgan fingerprint density at radius 1 is 0.808 bits per heavy atom. The minimum atomic E-state index is -0.480. The predicted molar refractivity (Wildman–Crippen MR) is 104 cm³/mol. The van der Waals surface area contributed by atoms with Gasteiger partial charge in [0.25, 0.3) is 0 Å². The highest BCUT2D eigenvalue weighted by Gasteiger charge is 2.24. The molecule has 0 unspecified atom stereocenters. The maximum atomic E-state index is 12.8. The summed E-state index contributed by atoms with van der Waals surface area (Å²) in [5.74, 6) is 0.0555. The summed E-state index contributed by atoms with van der Waals surface area (Å²) in [4.78, 5) is 25.2. The van der Waals surface area contributed by atoms with Crippen LogP contribution in [0.5, 0.6) is 5.75 Å². The van der Waals surface area contributed by atoms with E-state index in [0.29, 0.717) is 11.3 Å². The van der Waals surface area contributed by atoms with Crippen LogP contribution in [0.3, 0.4) is 0 Å². The van der Waals surface area contributed by atoms with Gasteiger partial charge in [-0.3, -0.25) is 9.59 Å². The van der Waals surface area contributed by atoms with Crippen LogP contribution >= 0.6 is 11.8 Å². The van der Waals surface area contributed by atoms with Gasteiger partial charge in [-0.25, -0.2) is 0 Å². The second kappa shape index (κ2) is 8.50. The molecule has 4 heteroatoms. The van der Waals surface area contributed by atoms with Gasteiger partial charge in [0.15, 0.2) is 5.78 Å². The summed E-state index contributed by atoms with van der Waals surface area (Å²) in [5.41, 5.74) is 1.47. The molecule has 26 heavy (non-hydrogen) atoms. The molecular formula is C22H18O3S. The summed E-state index contributed by atoms with van der Waals surface area (Å²) in [7, 11) is 0. The first-order chi connectivity index (χ1) is 12.6. The van der Waals surface area contributed by atoms with Crippen LogP contribution in [-0.4, -0.2) is 11.8 Å². The third-order valence-corrected chi connectivity index (χ3v) is 5.04. The zero-order valence-electron chi connectivity index (χ0n) is 14.3. The number of thioether (sulfide) groups is 1. The summed E-state index contributed by atoms with van der Waals surface area (Å²) in [6, 6.07) is 25.9. The Morgan fingerprint density at radius 3 is 1.96 bits per heavy atom. The molecular weight excluding hydrogens is 344 g/mol. The molecule has 0 bridgehead atoms. The highest BCUT2D eigenvalue weighted by Crippen LogP contribution is 2.36. The third kappa shape index (κ3) is 4.61. The lowest BCUT2D eigenvalue weighted by molar-refractivity contribution is -0.133. The van der Waals surface area contributed by atoms with Crippen LogP contribution in [0, 0.1) is 0 Å². The number of esters is 1. The van der Waals surface area contributed by atoms with E-state index in [1.54, 1.807) is 24.3 Å². The molecule has 0 spiro atoms. The van der Waals surface area contributed by atoms with Crippen molar-refractivity contribution in [3.63, 3.8) is 0 Å². The van der Waals surface area contributed by atoms with E-state index in [1.165, 1.54) is 18.7 Å². The lowest BCUT2D eigenvalue weighted by Crippen LogP contribution is -2.16. The van der Waals surface area contributed by atoms with Crippen LogP contribution in [0.25, 0.3) is 0 Å². The van der Waals surface area contributed by atoms with Gasteiger partial charge in [0, 0.05) is 10.5 Å². The van der Waals surface area contributed by atoms with Crippen molar-refractivity contribution in [1.29, 1.82) is 0 Å². The lowest BCUT2D eigenvalue weighted by Gasteiger charge is -2.16. The van der Waals surface area contributed by atoms with Crippen LogP contribution in [0.2, 0.25) is 0 Å². The first-order valence-electron chi connectivity index (χ1n) is 8.23. The fourth-order valence-electron chi connectivity index (χ4n) is 2.44.